The number of carbonyl (C=O) groups is 1. The number of nitrogens with zero attached hydrogens (tertiary/aromatic N) is 3. The largest absolute Gasteiger partial charge is 0.381 e. The van der Waals surface area contributed by atoms with Crippen LogP contribution in [-0.4, -0.2) is 39.8 Å². The van der Waals surface area contributed by atoms with Crippen LogP contribution in [0.2, 0.25) is 0 Å². The number of thiophene rings is 1. The minimum Gasteiger partial charge on any atom is -0.381 e. The van der Waals surface area contributed by atoms with E-state index in [1.165, 1.54) is 4.88 Å². The average molecular weight is 382 g/mol. The van der Waals surface area contributed by atoms with Crippen molar-refractivity contribution in [1.29, 1.82) is 0 Å². The maximum Gasteiger partial charge on any atom is 0.272 e. The molecular weight excluding hydrogens is 358 g/mol. The molecule has 6 heteroatoms. The van der Waals surface area contributed by atoms with Gasteiger partial charge in [-0.05, 0) is 30.4 Å². The minimum absolute atomic E-state index is 0.0347. The van der Waals surface area contributed by atoms with E-state index in [1.54, 1.807) is 16.0 Å². The Morgan fingerprint density at radius 1 is 1.22 bits per heavy atom. The molecule has 4 rings (SSSR count). The third-order valence-electron chi connectivity index (χ3n) is 4.97. The summed E-state index contributed by atoms with van der Waals surface area (Å²) in [5, 5.41) is 6.63. The molecule has 1 amide bonds. The van der Waals surface area contributed by atoms with Crippen LogP contribution in [0, 0.1) is 0 Å². The molecule has 1 aliphatic rings. The van der Waals surface area contributed by atoms with E-state index in [4.69, 9.17) is 4.74 Å². The first kappa shape index (κ1) is 17.9. The number of hydrogen-bond donors (Lipinski definition) is 0. The van der Waals surface area contributed by atoms with Gasteiger partial charge in [0.05, 0.1) is 12.2 Å². The zero-order chi connectivity index (χ0) is 18.6. The predicted octanol–water partition coefficient (Wildman–Crippen LogP) is 3.97. The van der Waals surface area contributed by atoms with Crippen molar-refractivity contribution in [1.82, 2.24) is 14.7 Å². The molecule has 0 unspecified atom stereocenters. The molecule has 0 spiro atoms. The van der Waals surface area contributed by atoms with Gasteiger partial charge in [-0.1, -0.05) is 36.4 Å². The molecule has 140 valence electrons. The van der Waals surface area contributed by atoms with E-state index in [-0.39, 0.29) is 11.9 Å². The summed E-state index contributed by atoms with van der Waals surface area (Å²) in [4.78, 5) is 16.7. The van der Waals surface area contributed by atoms with E-state index >= 15 is 0 Å². The lowest BCUT2D eigenvalue weighted by atomic mass is 10.1. The van der Waals surface area contributed by atoms with E-state index < -0.39 is 0 Å². The number of carbonyl (C=O) groups excluding carboxylic acids is 1. The highest BCUT2D eigenvalue weighted by Crippen LogP contribution is 2.24. The quantitative estimate of drug-likeness (QED) is 0.672. The van der Waals surface area contributed by atoms with Crippen LogP contribution in [0.3, 0.4) is 0 Å². The average Bonchev–Trinajstić information content (AvgIpc) is 3.36. The van der Waals surface area contributed by atoms with E-state index in [0.717, 1.165) is 24.1 Å². The molecule has 1 fully saturated rings. The van der Waals surface area contributed by atoms with Crippen molar-refractivity contribution in [2.45, 2.75) is 25.4 Å². The molecule has 1 aromatic carbocycles. The van der Waals surface area contributed by atoms with Crippen LogP contribution >= 0.6 is 11.3 Å². The molecule has 3 heterocycles. The van der Waals surface area contributed by atoms with E-state index in [1.807, 2.05) is 54.4 Å². The molecule has 1 saturated heterocycles. The highest BCUT2D eigenvalue weighted by atomic mass is 32.1. The van der Waals surface area contributed by atoms with Crippen molar-refractivity contribution >= 4 is 17.2 Å². The first-order chi connectivity index (χ1) is 13.2. The molecule has 0 radical (unpaired) electrons. The summed E-state index contributed by atoms with van der Waals surface area (Å²) >= 11 is 1.69. The zero-order valence-electron chi connectivity index (χ0n) is 15.4. The lowest BCUT2D eigenvalue weighted by Crippen LogP contribution is -2.43. The highest BCUT2D eigenvalue weighted by molar-refractivity contribution is 7.09. The van der Waals surface area contributed by atoms with Gasteiger partial charge in [0.2, 0.25) is 0 Å². The van der Waals surface area contributed by atoms with E-state index in [2.05, 4.69) is 16.5 Å². The Balaban J connectivity index is 1.63. The second-order valence-electron chi connectivity index (χ2n) is 6.76. The van der Waals surface area contributed by atoms with Crippen LogP contribution in [0.15, 0.2) is 53.9 Å². The summed E-state index contributed by atoms with van der Waals surface area (Å²) < 4.78 is 7.20. The maximum atomic E-state index is 13.5. The molecule has 27 heavy (non-hydrogen) atoms. The summed E-state index contributed by atoms with van der Waals surface area (Å²) in [5.74, 6) is 0.0347. The van der Waals surface area contributed by atoms with Gasteiger partial charge in [0.15, 0.2) is 0 Å². The number of benzene rings is 1. The van der Waals surface area contributed by atoms with Crippen LogP contribution in [0.4, 0.5) is 0 Å². The van der Waals surface area contributed by atoms with Gasteiger partial charge in [-0.25, -0.2) is 0 Å². The van der Waals surface area contributed by atoms with Gasteiger partial charge in [0.1, 0.15) is 5.69 Å². The molecule has 0 aliphatic carbocycles. The maximum absolute atomic E-state index is 13.5. The molecule has 1 aliphatic heterocycles. The second-order valence-corrected chi connectivity index (χ2v) is 7.79. The fraction of sp³-hybridized carbons (Fsp3) is 0.333. The van der Waals surface area contributed by atoms with Gasteiger partial charge in [0, 0.05) is 36.7 Å². The smallest absolute Gasteiger partial charge is 0.272 e. The summed E-state index contributed by atoms with van der Waals surface area (Å²) in [6.07, 6.45) is 1.75. The molecule has 0 N–H and O–H groups in total. The van der Waals surface area contributed by atoms with Gasteiger partial charge in [-0.3, -0.25) is 9.48 Å². The minimum atomic E-state index is 0.0347. The van der Waals surface area contributed by atoms with Crippen molar-refractivity contribution < 1.29 is 9.53 Å². The highest BCUT2D eigenvalue weighted by Gasteiger charge is 2.29. The number of aromatic nitrogens is 2. The lowest BCUT2D eigenvalue weighted by molar-refractivity contribution is 0.0264. The summed E-state index contributed by atoms with van der Waals surface area (Å²) in [5.41, 5.74) is 2.46. The second kappa shape index (κ2) is 8.06. The Morgan fingerprint density at radius 2 is 2.00 bits per heavy atom. The Morgan fingerprint density at radius 3 is 2.70 bits per heavy atom. The van der Waals surface area contributed by atoms with Gasteiger partial charge in [0.25, 0.3) is 5.91 Å². The third kappa shape index (κ3) is 3.96. The summed E-state index contributed by atoms with van der Waals surface area (Å²) in [6, 6.07) is 16.2. The third-order valence-corrected chi connectivity index (χ3v) is 5.83. The zero-order valence-corrected chi connectivity index (χ0v) is 16.2. The molecule has 2 aromatic heterocycles. The summed E-state index contributed by atoms with van der Waals surface area (Å²) in [7, 11) is 1.84. The van der Waals surface area contributed by atoms with Crippen LogP contribution < -0.4 is 0 Å². The Hall–Kier alpha value is -2.44. The van der Waals surface area contributed by atoms with Crippen LogP contribution in [0.5, 0.6) is 0 Å². The molecular formula is C21H23N3O2S. The number of amides is 1. The monoisotopic (exact) mass is 381 g/mol. The first-order valence-electron chi connectivity index (χ1n) is 9.23. The fourth-order valence-electron chi connectivity index (χ4n) is 3.50. The van der Waals surface area contributed by atoms with Gasteiger partial charge < -0.3 is 9.64 Å². The summed E-state index contributed by atoms with van der Waals surface area (Å²) in [6.45, 7) is 2.05. The van der Waals surface area contributed by atoms with Gasteiger partial charge >= 0.3 is 0 Å². The molecule has 0 atom stereocenters. The van der Waals surface area contributed by atoms with Crippen molar-refractivity contribution in [2.75, 3.05) is 13.2 Å². The van der Waals surface area contributed by atoms with Gasteiger partial charge in [-0.2, -0.15) is 5.10 Å². The molecule has 0 bridgehead atoms. The lowest BCUT2D eigenvalue weighted by Gasteiger charge is -2.34. The normalized spacial score (nSPS) is 15.0. The van der Waals surface area contributed by atoms with Crippen LogP contribution in [0.25, 0.3) is 11.3 Å². The van der Waals surface area contributed by atoms with Crippen molar-refractivity contribution in [3.05, 3.63) is 64.5 Å². The van der Waals surface area contributed by atoms with Crippen molar-refractivity contribution in [3.63, 3.8) is 0 Å². The Bertz CT molecular complexity index is 884. The Kier molecular flexibility index (Phi) is 5.36. The molecule has 3 aromatic rings. The van der Waals surface area contributed by atoms with Crippen LogP contribution in [0.1, 0.15) is 28.2 Å². The topological polar surface area (TPSA) is 47.4 Å². The van der Waals surface area contributed by atoms with E-state index in [9.17, 15) is 4.79 Å². The first-order valence-corrected chi connectivity index (χ1v) is 10.1. The fourth-order valence-corrected chi connectivity index (χ4v) is 4.20. The standard InChI is InChI=1S/C21H23N3O2S/c1-23-20(14-19(22-23)16-6-3-2-4-7-16)21(25)24(15-18-8-5-13-27-18)17-9-11-26-12-10-17/h2-8,13-14,17H,9-12,15H2,1H3. The number of aryl methyl sites for hydroxylation is 1. The van der Waals surface area contributed by atoms with Crippen molar-refractivity contribution in [2.24, 2.45) is 7.05 Å². The molecule has 5 nitrogen and oxygen atoms in total. The van der Waals surface area contributed by atoms with E-state index in [0.29, 0.717) is 25.5 Å². The number of rotatable bonds is 5. The SMILES string of the molecule is Cn1nc(-c2ccccc2)cc1C(=O)N(Cc1cccs1)C1CCOCC1. The predicted molar refractivity (Wildman–Crippen MR) is 107 cm³/mol. The number of hydrogen-bond acceptors (Lipinski definition) is 4. The van der Waals surface area contributed by atoms with Crippen LogP contribution in [-0.2, 0) is 18.3 Å². The molecule has 0 saturated carbocycles. The number of ether oxygens (including phenoxy) is 1. The Labute approximate surface area is 163 Å². The van der Waals surface area contributed by atoms with Gasteiger partial charge in [-0.15, -0.1) is 11.3 Å². The van der Waals surface area contributed by atoms with Crippen molar-refractivity contribution in [3.8, 4) is 11.3 Å².